The Hall–Kier alpha value is -2.90. The molecule has 0 amide bonds. The van der Waals surface area contributed by atoms with Crippen molar-refractivity contribution in [3.05, 3.63) is 65.5 Å². The van der Waals surface area contributed by atoms with Crippen molar-refractivity contribution in [2.24, 2.45) is 5.92 Å². The van der Waals surface area contributed by atoms with Crippen LogP contribution in [0, 0.1) is 5.92 Å². The summed E-state index contributed by atoms with van der Waals surface area (Å²) in [4.78, 5) is 14.8. The first-order valence-corrected chi connectivity index (χ1v) is 11.9. The van der Waals surface area contributed by atoms with Crippen molar-refractivity contribution in [2.45, 2.75) is 45.6 Å². The molecule has 1 aromatic heterocycles. The minimum absolute atomic E-state index is 0.0827. The van der Waals surface area contributed by atoms with Gasteiger partial charge < -0.3 is 4.74 Å². The molecule has 2 heterocycles. The molecule has 7 heteroatoms. The zero-order valence-corrected chi connectivity index (χ0v) is 19.5. The van der Waals surface area contributed by atoms with Crippen molar-refractivity contribution >= 4 is 5.78 Å². The van der Waals surface area contributed by atoms with Gasteiger partial charge in [0.2, 0.25) is 0 Å². The highest BCUT2D eigenvalue weighted by molar-refractivity contribution is 5.79. The molecular weight excluding hydrogens is 414 g/mol. The Morgan fingerprint density at radius 2 is 1.88 bits per heavy atom. The number of carbonyl (C=O) groups is 1. The van der Waals surface area contributed by atoms with Gasteiger partial charge in [0.25, 0.3) is 0 Å². The fraction of sp³-hybridized carbons (Fsp3) is 0.462. The number of H-pyrrole nitrogens is 1. The predicted octanol–water partition coefficient (Wildman–Crippen LogP) is 4.03. The fourth-order valence-corrected chi connectivity index (χ4v) is 4.75. The third kappa shape index (κ3) is 5.92. The lowest BCUT2D eigenvalue weighted by Crippen LogP contribution is -2.35. The molecule has 0 unspecified atom stereocenters. The summed E-state index contributed by atoms with van der Waals surface area (Å²) < 4.78 is 5.49. The van der Waals surface area contributed by atoms with Gasteiger partial charge in [-0.05, 0) is 42.0 Å². The molecule has 174 valence electrons. The van der Waals surface area contributed by atoms with Crippen LogP contribution in [0.4, 0.5) is 0 Å². The highest BCUT2D eigenvalue weighted by atomic mass is 16.5. The molecule has 1 N–H and O–H groups in total. The summed E-state index contributed by atoms with van der Waals surface area (Å²) >= 11 is 0. The lowest BCUT2D eigenvalue weighted by molar-refractivity contribution is -0.121. The van der Waals surface area contributed by atoms with Crippen molar-refractivity contribution in [2.75, 3.05) is 26.3 Å². The summed E-state index contributed by atoms with van der Waals surface area (Å²) in [6.45, 7) is 8.25. The van der Waals surface area contributed by atoms with Crippen molar-refractivity contribution in [3.63, 3.8) is 0 Å². The Bertz CT molecular complexity index is 1010. The van der Waals surface area contributed by atoms with E-state index in [1.54, 1.807) is 6.92 Å². The topological polar surface area (TPSA) is 84.0 Å². The third-order valence-electron chi connectivity index (χ3n) is 6.54. The van der Waals surface area contributed by atoms with Gasteiger partial charge in [0.15, 0.2) is 5.82 Å². The maximum Gasteiger partial charge on any atom is 0.178 e. The molecule has 0 aliphatic carbocycles. The van der Waals surface area contributed by atoms with E-state index in [1.165, 1.54) is 22.3 Å². The van der Waals surface area contributed by atoms with Crippen LogP contribution in [0.5, 0.6) is 0 Å². The zero-order valence-electron chi connectivity index (χ0n) is 19.5. The van der Waals surface area contributed by atoms with Crippen molar-refractivity contribution < 1.29 is 9.53 Å². The second kappa shape index (κ2) is 11.3. The highest BCUT2D eigenvalue weighted by Gasteiger charge is 2.29. The van der Waals surface area contributed by atoms with Crippen LogP contribution in [0.2, 0.25) is 0 Å². The molecule has 0 bridgehead atoms. The number of tetrazole rings is 1. The molecule has 7 nitrogen and oxygen atoms in total. The average molecular weight is 448 g/mol. The number of ketones is 1. The number of aromatic amines is 1. The van der Waals surface area contributed by atoms with E-state index < -0.39 is 0 Å². The van der Waals surface area contributed by atoms with Crippen LogP contribution in [0.3, 0.4) is 0 Å². The van der Waals surface area contributed by atoms with E-state index in [4.69, 9.17) is 4.74 Å². The second-order valence-electron chi connectivity index (χ2n) is 8.83. The molecule has 33 heavy (non-hydrogen) atoms. The fourth-order valence-electron chi connectivity index (χ4n) is 4.75. The van der Waals surface area contributed by atoms with Gasteiger partial charge in [0.05, 0.1) is 13.2 Å². The molecular formula is C26H33N5O2. The summed E-state index contributed by atoms with van der Waals surface area (Å²) in [5, 5.41) is 14.7. The predicted molar refractivity (Wildman–Crippen MR) is 128 cm³/mol. The number of carbonyl (C=O) groups excluding carboxylic acids is 1. The molecule has 1 aliphatic rings. The van der Waals surface area contributed by atoms with E-state index in [0.717, 1.165) is 45.7 Å². The van der Waals surface area contributed by atoms with E-state index in [2.05, 4.69) is 81.0 Å². The van der Waals surface area contributed by atoms with Crippen LogP contribution in [-0.2, 0) is 22.5 Å². The quantitative estimate of drug-likeness (QED) is 0.505. The second-order valence-corrected chi connectivity index (χ2v) is 8.83. The minimum Gasteiger partial charge on any atom is -0.379 e. The summed E-state index contributed by atoms with van der Waals surface area (Å²) in [6, 6.07) is 17.3. The van der Waals surface area contributed by atoms with Crippen LogP contribution in [0.25, 0.3) is 11.1 Å². The van der Waals surface area contributed by atoms with Crippen LogP contribution >= 0.6 is 0 Å². The Kier molecular flexibility index (Phi) is 7.96. The van der Waals surface area contributed by atoms with Crippen molar-refractivity contribution in [1.82, 2.24) is 25.5 Å². The molecule has 2 aromatic carbocycles. The number of hydrogen-bond donors (Lipinski definition) is 1. The van der Waals surface area contributed by atoms with Gasteiger partial charge in [-0.3, -0.25) is 9.69 Å². The molecule has 1 fully saturated rings. The number of nitrogens with zero attached hydrogens (tertiary/aromatic N) is 4. The molecule has 0 saturated carbocycles. The first kappa shape index (κ1) is 23.3. The number of ether oxygens (including phenoxy) is 1. The van der Waals surface area contributed by atoms with Crippen LogP contribution in [-0.4, -0.2) is 57.6 Å². The summed E-state index contributed by atoms with van der Waals surface area (Å²) in [6.07, 6.45) is 2.47. The average Bonchev–Trinajstić information content (AvgIpc) is 3.37. The van der Waals surface area contributed by atoms with E-state index in [9.17, 15) is 4.79 Å². The molecule has 3 aromatic rings. The van der Waals surface area contributed by atoms with Crippen molar-refractivity contribution in [3.8, 4) is 11.1 Å². The first-order chi connectivity index (χ1) is 16.2. The Morgan fingerprint density at radius 3 is 2.55 bits per heavy atom. The van der Waals surface area contributed by atoms with Gasteiger partial charge in [-0.1, -0.05) is 67.1 Å². The molecule has 1 saturated heterocycles. The van der Waals surface area contributed by atoms with E-state index in [1.807, 2.05) is 0 Å². The SMILES string of the molecule is CCC[C@H](C(C)=O)[C@H](Cc1ccc(-c2ccccc2CN2CCOCC2)cc1)c1nn[nH]n1. The van der Waals surface area contributed by atoms with Gasteiger partial charge in [-0.15, -0.1) is 10.2 Å². The van der Waals surface area contributed by atoms with E-state index in [-0.39, 0.29) is 17.6 Å². The number of Topliss-reactive ketones (excluding diaryl/α,β-unsaturated/α-hetero) is 1. The monoisotopic (exact) mass is 447 g/mol. The van der Waals surface area contributed by atoms with Gasteiger partial charge in [-0.25, -0.2) is 0 Å². The van der Waals surface area contributed by atoms with Crippen LogP contribution in [0.1, 0.15) is 49.6 Å². The lowest BCUT2D eigenvalue weighted by atomic mass is 9.81. The Labute approximate surface area is 195 Å². The Morgan fingerprint density at radius 1 is 1.12 bits per heavy atom. The summed E-state index contributed by atoms with van der Waals surface area (Å²) in [7, 11) is 0. The van der Waals surface area contributed by atoms with E-state index in [0.29, 0.717) is 12.2 Å². The Balaban J connectivity index is 1.54. The summed E-state index contributed by atoms with van der Waals surface area (Å²) in [5.41, 5.74) is 4.96. The maximum atomic E-state index is 12.4. The number of benzene rings is 2. The number of morpholine rings is 1. The van der Waals surface area contributed by atoms with Crippen LogP contribution < -0.4 is 0 Å². The molecule has 0 radical (unpaired) electrons. The number of hydrogen-bond acceptors (Lipinski definition) is 6. The number of nitrogens with one attached hydrogen (secondary N) is 1. The molecule has 2 atom stereocenters. The summed E-state index contributed by atoms with van der Waals surface area (Å²) in [5.74, 6) is 0.603. The third-order valence-corrected chi connectivity index (χ3v) is 6.54. The van der Waals surface area contributed by atoms with E-state index >= 15 is 0 Å². The van der Waals surface area contributed by atoms with Gasteiger partial charge in [0, 0.05) is 31.5 Å². The lowest BCUT2D eigenvalue weighted by Gasteiger charge is -2.27. The minimum atomic E-state index is -0.110. The largest absolute Gasteiger partial charge is 0.379 e. The van der Waals surface area contributed by atoms with Gasteiger partial charge in [-0.2, -0.15) is 5.21 Å². The molecule has 0 spiro atoms. The highest BCUT2D eigenvalue weighted by Crippen LogP contribution is 2.31. The molecule has 4 rings (SSSR count). The number of rotatable bonds is 10. The standard InChI is InChI=1S/C26H33N5O2/c1-3-6-23(19(2)32)25(26-27-29-30-28-26)17-20-9-11-21(12-10-20)24-8-5-4-7-22(24)18-31-13-15-33-16-14-31/h4-5,7-12,23,25H,3,6,13-18H2,1-2H3,(H,27,28,29,30)/t23-,25+/m1/s1. The first-order valence-electron chi connectivity index (χ1n) is 11.9. The van der Waals surface area contributed by atoms with Gasteiger partial charge in [0.1, 0.15) is 5.78 Å². The maximum absolute atomic E-state index is 12.4. The van der Waals surface area contributed by atoms with Crippen molar-refractivity contribution in [1.29, 1.82) is 0 Å². The molecule has 1 aliphatic heterocycles. The van der Waals surface area contributed by atoms with Crippen LogP contribution in [0.15, 0.2) is 48.5 Å². The smallest absolute Gasteiger partial charge is 0.178 e. The van der Waals surface area contributed by atoms with Gasteiger partial charge >= 0.3 is 0 Å². The normalized spacial score (nSPS) is 16.4. The number of aromatic nitrogens is 4. The zero-order chi connectivity index (χ0) is 23.0.